The second-order valence-corrected chi connectivity index (χ2v) is 6.20. The smallest absolute Gasteiger partial charge is 0.257 e. The van der Waals surface area contributed by atoms with Gasteiger partial charge in [-0.15, -0.1) is 11.3 Å². The molecule has 1 N–H and O–H groups in total. The standard InChI is InChI=1S/C18H17NO2S/c1-12(2)21-14-9-7-13(8-10-14)19-18(20)16-11-22-17-6-4-3-5-15(16)17/h3-12H,1-2H3,(H,19,20). The molecule has 1 heterocycles. The molecule has 0 saturated carbocycles. The van der Waals surface area contributed by atoms with E-state index in [-0.39, 0.29) is 12.0 Å². The minimum absolute atomic E-state index is 0.0880. The van der Waals surface area contributed by atoms with Gasteiger partial charge >= 0.3 is 0 Å². The lowest BCUT2D eigenvalue weighted by Crippen LogP contribution is -2.11. The predicted molar refractivity (Wildman–Crippen MR) is 92.0 cm³/mol. The van der Waals surface area contributed by atoms with Gasteiger partial charge in [-0.2, -0.15) is 0 Å². The van der Waals surface area contributed by atoms with Gasteiger partial charge in [0.05, 0.1) is 11.7 Å². The molecule has 0 bridgehead atoms. The number of carbonyl (C=O) groups excluding carboxylic acids is 1. The van der Waals surface area contributed by atoms with Crippen molar-refractivity contribution < 1.29 is 9.53 Å². The Kier molecular flexibility index (Phi) is 4.11. The molecule has 0 radical (unpaired) electrons. The summed E-state index contributed by atoms with van der Waals surface area (Å²) < 4.78 is 6.71. The molecule has 2 aromatic carbocycles. The van der Waals surface area contributed by atoms with Crippen LogP contribution < -0.4 is 10.1 Å². The second-order valence-electron chi connectivity index (χ2n) is 5.29. The van der Waals surface area contributed by atoms with Gasteiger partial charge in [-0.1, -0.05) is 18.2 Å². The third-order valence-corrected chi connectivity index (χ3v) is 4.17. The molecule has 0 atom stereocenters. The van der Waals surface area contributed by atoms with Crippen LogP contribution in [0.5, 0.6) is 5.75 Å². The SMILES string of the molecule is CC(C)Oc1ccc(NC(=O)c2csc3ccccc23)cc1. The molecule has 0 fully saturated rings. The van der Waals surface area contributed by atoms with Crippen molar-refractivity contribution in [2.24, 2.45) is 0 Å². The Labute approximate surface area is 133 Å². The summed E-state index contributed by atoms with van der Waals surface area (Å²) in [6, 6.07) is 15.4. The molecule has 0 unspecified atom stereocenters. The van der Waals surface area contributed by atoms with Crippen LogP contribution >= 0.6 is 11.3 Å². The highest BCUT2D eigenvalue weighted by atomic mass is 32.1. The van der Waals surface area contributed by atoms with Crippen molar-refractivity contribution in [2.45, 2.75) is 20.0 Å². The molecular formula is C18H17NO2S. The average molecular weight is 311 g/mol. The van der Waals surface area contributed by atoms with Crippen LogP contribution in [0.25, 0.3) is 10.1 Å². The van der Waals surface area contributed by atoms with Gasteiger partial charge < -0.3 is 10.1 Å². The number of nitrogens with one attached hydrogen (secondary N) is 1. The number of ether oxygens (including phenoxy) is 1. The van der Waals surface area contributed by atoms with E-state index in [2.05, 4.69) is 5.32 Å². The molecule has 0 aliphatic carbocycles. The summed E-state index contributed by atoms with van der Waals surface area (Å²) >= 11 is 1.58. The third-order valence-electron chi connectivity index (χ3n) is 3.21. The van der Waals surface area contributed by atoms with E-state index in [4.69, 9.17) is 4.74 Å². The van der Waals surface area contributed by atoms with Gasteiger partial charge in [0, 0.05) is 21.2 Å². The molecule has 0 spiro atoms. The van der Waals surface area contributed by atoms with Crippen molar-refractivity contribution in [3.63, 3.8) is 0 Å². The predicted octanol–water partition coefficient (Wildman–Crippen LogP) is 4.94. The molecule has 0 saturated heterocycles. The maximum absolute atomic E-state index is 12.4. The molecule has 0 aliphatic heterocycles. The van der Waals surface area contributed by atoms with E-state index in [1.165, 1.54) is 0 Å². The third kappa shape index (κ3) is 3.12. The van der Waals surface area contributed by atoms with Crippen LogP contribution in [0.2, 0.25) is 0 Å². The van der Waals surface area contributed by atoms with Gasteiger partial charge in [0.25, 0.3) is 5.91 Å². The Morgan fingerprint density at radius 3 is 2.55 bits per heavy atom. The normalized spacial score (nSPS) is 10.9. The maximum atomic E-state index is 12.4. The molecule has 4 heteroatoms. The highest BCUT2D eigenvalue weighted by Crippen LogP contribution is 2.26. The Morgan fingerprint density at radius 2 is 1.82 bits per heavy atom. The van der Waals surface area contributed by atoms with Crippen LogP contribution in [0, 0.1) is 0 Å². The lowest BCUT2D eigenvalue weighted by molar-refractivity contribution is 0.102. The largest absolute Gasteiger partial charge is 0.491 e. The summed E-state index contributed by atoms with van der Waals surface area (Å²) in [7, 11) is 0. The number of hydrogen-bond donors (Lipinski definition) is 1. The number of benzene rings is 2. The molecule has 112 valence electrons. The highest BCUT2D eigenvalue weighted by molar-refractivity contribution is 7.17. The van der Waals surface area contributed by atoms with E-state index in [0.29, 0.717) is 5.56 Å². The van der Waals surface area contributed by atoms with Crippen molar-refractivity contribution in [1.29, 1.82) is 0 Å². The highest BCUT2D eigenvalue weighted by Gasteiger charge is 2.12. The molecule has 3 aromatic rings. The molecule has 3 nitrogen and oxygen atoms in total. The summed E-state index contributed by atoms with van der Waals surface area (Å²) in [4.78, 5) is 12.4. The number of anilines is 1. The Hall–Kier alpha value is -2.33. The van der Waals surface area contributed by atoms with Gasteiger partial charge in [-0.3, -0.25) is 4.79 Å². The zero-order chi connectivity index (χ0) is 15.5. The van der Waals surface area contributed by atoms with E-state index in [0.717, 1.165) is 21.5 Å². The monoisotopic (exact) mass is 311 g/mol. The summed E-state index contributed by atoms with van der Waals surface area (Å²) in [6.45, 7) is 3.97. The molecule has 22 heavy (non-hydrogen) atoms. The Morgan fingerprint density at radius 1 is 1.09 bits per heavy atom. The number of carbonyl (C=O) groups is 1. The van der Waals surface area contributed by atoms with E-state index in [1.807, 2.05) is 67.8 Å². The van der Waals surface area contributed by atoms with Crippen molar-refractivity contribution in [3.05, 3.63) is 59.5 Å². The van der Waals surface area contributed by atoms with Gasteiger partial charge in [0.2, 0.25) is 0 Å². The van der Waals surface area contributed by atoms with E-state index >= 15 is 0 Å². The van der Waals surface area contributed by atoms with Gasteiger partial charge in [-0.05, 0) is 44.2 Å². The number of amides is 1. The quantitative estimate of drug-likeness (QED) is 0.741. The lowest BCUT2D eigenvalue weighted by Gasteiger charge is -2.10. The summed E-state index contributed by atoms with van der Waals surface area (Å²) in [6.07, 6.45) is 0.137. The summed E-state index contributed by atoms with van der Waals surface area (Å²) in [5.74, 6) is 0.712. The molecule has 0 aliphatic rings. The molecule has 3 rings (SSSR count). The molecular weight excluding hydrogens is 294 g/mol. The molecule has 1 aromatic heterocycles. The Bertz CT molecular complexity index is 790. The van der Waals surface area contributed by atoms with Crippen LogP contribution in [-0.4, -0.2) is 12.0 Å². The number of thiophene rings is 1. The fourth-order valence-electron chi connectivity index (χ4n) is 2.24. The minimum atomic E-state index is -0.0880. The van der Waals surface area contributed by atoms with Crippen LogP contribution in [0.1, 0.15) is 24.2 Å². The van der Waals surface area contributed by atoms with Crippen LogP contribution in [0.15, 0.2) is 53.9 Å². The van der Waals surface area contributed by atoms with Crippen LogP contribution in [-0.2, 0) is 0 Å². The van der Waals surface area contributed by atoms with Gasteiger partial charge in [0.15, 0.2) is 0 Å². The first-order valence-electron chi connectivity index (χ1n) is 7.18. The average Bonchev–Trinajstić information content (AvgIpc) is 2.93. The van der Waals surface area contributed by atoms with Crippen molar-refractivity contribution >= 4 is 33.0 Å². The van der Waals surface area contributed by atoms with Crippen LogP contribution in [0.3, 0.4) is 0 Å². The first-order chi connectivity index (χ1) is 10.6. The fraction of sp³-hybridized carbons (Fsp3) is 0.167. The topological polar surface area (TPSA) is 38.3 Å². The fourth-order valence-corrected chi connectivity index (χ4v) is 3.18. The van der Waals surface area contributed by atoms with E-state index in [1.54, 1.807) is 11.3 Å². The molecule has 1 amide bonds. The summed E-state index contributed by atoms with van der Waals surface area (Å²) in [5.41, 5.74) is 1.47. The van der Waals surface area contributed by atoms with Crippen molar-refractivity contribution in [2.75, 3.05) is 5.32 Å². The first kappa shape index (κ1) is 14.6. The van der Waals surface area contributed by atoms with Gasteiger partial charge in [-0.25, -0.2) is 0 Å². The first-order valence-corrected chi connectivity index (χ1v) is 8.06. The minimum Gasteiger partial charge on any atom is -0.491 e. The van der Waals surface area contributed by atoms with E-state index in [9.17, 15) is 4.79 Å². The number of hydrogen-bond acceptors (Lipinski definition) is 3. The van der Waals surface area contributed by atoms with Crippen LogP contribution in [0.4, 0.5) is 5.69 Å². The zero-order valence-electron chi connectivity index (χ0n) is 12.5. The van der Waals surface area contributed by atoms with Crippen molar-refractivity contribution in [3.8, 4) is 5.75 Å². The number of fused-ring (bicyclic) bond motifs is 1. The number of rotatable bonds is 4. The Balaban J connectivity index is 1.76. The van der Waals surface area contributed by atoms with E-state index < -0.39 is 0 Å². The lowest BCUT2D eigenvalue weighted by atomic mass is 10.1. The zero-order valence-corrected chi connectivity index (χ0v) is 13.3. The maximum Gasteiger partial charge on any atom is 0.257 e. The summed E-state index contributed by atoms with van der Waals surface area (Å²) in [5, 5.41) is 5.82. The second kappa shape index (κ2) is 6.20. The van der Waals surface area contributed by atoms with Crippen molar-refractivity contribution in [1.82, 2.24) is 0 Å². The van der Waals surface area contributed by atoms with Gasteiger partial charge in [0.1, 0.15) is 5.75 Å².